The maximum atomic E-state index is 12.6. The number of hydrogen-bond donors (Lipinski definition) is 3. The van der Waals surface area contributed by atoms with Crippen molar-refractivity contribution in [2.45, 2.75) is 6.54 Å². The molecule has 0 bridgehead atoms. The molecule has 0 fully saturated rings. The molecule has 6 heteroatoms. The highest BCUT2D eigenvalue weighted by Gasteiger charge is 2.15. The number of H-pyrrole nitrogens is 2. The summed E-state index contributed by atoms with van der Waals surface area (Å²) in [4.78, 5) is 30.4. The fourth-order valence-corrected chi connectivity index (χ4v) is 2.83. The molecule has 0 aliphatic heterocycles. The van der Waals surface area contributed by atoms with Crippen LogP contribution in [0.2, 0.25) is 0 Å². The molecular formula is C19H16N4O2. The zero-order valence-corrected chi connectivity index (χ0v) is 13.3. The number of carbonyl (C=O) groups excluding carboxylic acids is 1. The van der Waals surface area contributed by atoms with Gasteiger partial charge in [-0.3, -0.25) is 9.36 Å². The van der Waals surface area contributed by atoms with Gasteiger partial charge in [-0.25, -0.2) is 4.79 Å². The highest BCUT2D eigenvalue weighted by Crippen LogP contribution is 2.18. The van der Waals surface area contributed by atoms with Crippen molar-refractivity contribution in [3.05, 3.63) is 88.7 Å². The number of amides is 1. The number of aromatic amines is 2. The van der Waals surface area contributed by atoms with Gasteiger partial charge < -0.3 is 15.3 Å². The number of rotatable bonds is 4. The predicted molar refractivity (Wildman–Crippen MR) is 96.8 cm³/mol. The van der Waals surface area contributed by atoms with E-state index in [-0.39, 0.29) is 11.6 Å². The minimum atomic E-state index is -0.329. The van der Waals surface area contributed by atoms with Crippen LogP contribution < -0.4 is 11.0 Å². The lowest BCUT2D eigenvalue weighted by atomic mass is 10.2. The van der Waals surface area contributed by atoms with E-state index in [4.69, 9.17) is 0 Å². The number of nitrogens with one attached hydrogen (secondary N) is 3. The van der Waals surface area contributed by atoms with Crippen LogP contribution in [-0.2, 0) is 6.54 Å². The lowest BCUT2D eigenvalue weighted by Gasteiger charge is -2.08. The molecule has 0 saturated heterocycles. The van der Waals surface area contributed by atoms with Crippen molar-refractivity contribution in [1.82, 2.24) is 14.5 Å². The quantitative estimate of drug-likeness (QED) is 0.537. The van der Waals surface area contributed by atoms with Gasteiger partial charge in [-0.1, -0.05) is 30.3 Å². The first-order chi connectivity index (χ1) is 12.2. The Morgan fingerprint density at radius 3 is 2.72 bits per heavy atom. The number of anilines is 1. The molecule has 4 aromatic rings. The molecule has 0 saturated carbocycles. The molecular weight excluding hydrogens is 316 g/mol. The molecule has 2 heterocycles. The third-order valence-electron chi connectivity index (χ3n) is 4.10. The van der Waals surface area contributed by atoms with Gasteiger partial charge in [-0.15, -0.1) is 0 Å². The number of aromatic nitrogens is 3. The average Bonchev–Trinajstić information content (AvgIpc) is 3.23. The Labute approximate surface area is 143 Å². The second-order valence-corrected chi connectivity index (χ2v) is 5.78. The zero-order chi connectivity index (χ0) is 17.2. The Kier molecular flexibility index (Phi) is 3.70. The highest BCUT2D eigenvalue weighted by atomic mass is 16.2. The third kappa shape index (κ3) is 2.97. The topological polar surface area (TPSA) is 82.7 Å². The second kappa shape index (κ2) is 6.16. The summed E-state index contributed by atoms with van der Waals surface area (Å²) in [5.41, 5.74) is 2.61. The van der Waals surface area contributed by atoms with Crippen LogP contribution in [0.3, 0.4) is 0 Å². The van der Waals surface area contributed by atoms with E-state index < -0.39 is 0 Å². The molecule has 0 radical (unpaired) electrons. The van der Waals surface area contributed by atoms with Crippen LogP contribution in [-0.4, -0.2) is 20.4 Å². The van der Waals surface area contributed by atoms with Gasteiger partial charge in [0, 0.05) is 29.0 Å². The van der Waals surface area contributed by atoms with Gasteiger partial charge in [-0.05, 0) is 29.8 Å². The summed E-state index contributed by atoms with van der Waals surface area (Å²) in [6.07, 6.45) is 3.29. The predicted octanol–water partition coefficient (Wildman–Crippen LogP) is 2.96. The number of imidazole rings is 1. The van der Waals surface area contributed by atoms with E-state index in [1.807, 2.05) is 60.8 Å². The molecule has 2 aromatic carbocycles. The zero-order valence-electron chi connectivity index (χ0n) is 13.3. The number of carbonyl (C=O) groups is 1. The molecule has 25 heavy (non-hydrogen) atoms. The Balaban J connectivity index is 1.60. The molecule has 0 unspecified atom stereocenters. The molecule has 2 aromatic heterocycles. The summed E-state index contributed by atoms with van der Waals surface area (Å²) < 4.78 is 1.43. The fourth-order valence-electron chi connectivity index (χ4n) is 2.83. The van der Waals surface area contributed by atoms with Crippen molar-refractivity contribution >= 4 is 22.5 Å². The standard InChI is InChI=1S/C19H16N4O2/c24-18(22-15-6-7-16-14(10-15)8-9-20-16)17-11-21-19(25)23(17)12-13-4-2-1-3-5-13/h1-11,20H,12H2,(H,21,25)(H,22,24). The Morgan fingerprint density at radius 1 is 1.04 bits per heavy atom. The average molecular weight is 332 g/mol. The van der Waals surface area contributed by atoms with E-state index in [1.54, 1.807) is 0 Å². The van der Waals surface area contributed by atoms with E-state index in [0.29, 0.717) is 17.9 Å². The summed E-state index contributed by atoms with van der Waals surface area (Å²) in [5, 5.41) is 3.86. The van der Waals surface area contributed by atoms with E-state index in [2.05, 4.69) is 15.3 Å². The minimum absolute atomic E-state index is 0.294. The number of hydrogen-bond acceptors (Lipinski definition) is 2. The van der Waals surface area contributed by atoms with Crippen LogP contribution >= 0.6 is 0 Å². The second-order valence-electron chi connectivity index (χ2n) is 5.78. The molecule has 4 rings (SSSR count). The van der Waals surface area contributed by atoms with Gasteiger partial charge in [0.05, 0.1) is 6.54 Å². The van der Waals surface area contributed by atoms with Gasteiger partial charge in [0.1, 0.15) is 5.69 Å². The maximum Gasteiger partial charge on any atom is 0.326 e. The monoisotopic (exact) mass is 332 g/mol. The number of fused-ring (bicyclic) bond motifs is 1. The lowest BCUT2D eigenvalue weighted by molar-refractivity contribution is 0.101. The van der Waals surface area contributed by atoms with Gasteiger partial charge in [0.25, 0.3) is 5.91 Å². The largest absolute Gasteiger partial charge is 0.361 e. The van der Waals surface area contributed by atoms with Crippen molar-refractivity contribution in [1.29, 1.82) is 0 Å². The highest BCUT2D eigenvalue weighted by molar-refractivity contribution is 6.03. The fraction of sp³-hybridized carbons (Fsp3) is 0.0526. The van der Waals surface area contributed by atoms with Crippen LogP contribution in [0.5, 0.6) is 0 Å². The van der Waals surface area contributed by atoms with Crippen molar-refractivity contribution < 1.29 is 4.79 Å². The van der Waals surface area contributed by atoms with E-state index >= 15 is 0 Å². The SMILES string of the molecule is O=C(Nc1ccc2[nH]ccc2c1)c1c[nH]c(=O)n1Cc1ccccc1. The van der Waals surface area contributed by atoms with Crippen molar-refractivity contribution in [2.75, 3.05) is 5.32 Å². The van der Waals surface area contributed by atoms with Gasteiger partial charge in [0.15, 0.2) is 0 Å². The van der Waals surface area contributed by atoms with Gasteiger partial charge in [0.2, 0.25) is 0 Å². The molecule has 0 spiro atoms. The minimum Gasteiger partial charge on any atom is -0.361 e. The van der Waals surface area contributed by atoms with E-state index in [0.717, 1.165) is 16.5 Å². The first-order valence-electron chi connectivity index (χ1n) is 7.91. The summed E-state index contributed by atoms with van der Waals surface area (Å²) in [7, 11) is 0. The lowest BCUT2D eigenvalue weighted by Crippen LogP contribution is -2.24. The molecule has 3 N–H and O–H groups in total. The maximum absolute atomic E-state index is 12.6. The van der Waals surface area contributed by atoms with Crippen molar-refractivity contribution in [3.63, 3.8) is 0 Å². The van der Waals surface area contributed by atoms with Crippen molar-refractivity contribution in [2.24, 2.45) is 0 Å². The first-order valence-corrected chi connectivity index (χ1v) is 7.91. The Hall–Kier alpha value is -3.54. The van der Waals surface area contributed by atoms with Crippen LogP contribution in [0, 0.1) is 0 Å². The Bertz CT molecular complexity index is 1090. The summed E-state index contributed by atoms with van der Waals surface area (Å²) >= 11 is 0. The van der Waals surface area contributed by atoms with Crippen LogP contribution in [0.25, 0.3) is 10.9 Å². The first kappa shape index (κ1) is 15.0. The third-order valence-corrected chi connectivity index (χ3v) is 4.10. The molecule has 0 aliphatic rings. The summed E-state index contributed by atoms with van der Waals surface area (Å²) in [6, 6.07) is 17.1. The van der Waals surface area contributed by atoms with E-state index in [9.17, 15) is 9.59 Å². The Morgan fingerprint density at radius 2 is 1.88 bits per heavy atom. The number of benzene rings is 2. The smallest absolute Gasteiger partial charge is 0.326 e. The molecule has 0 atom stereocenters. The molecule has 1 amide bonds. The van der Waals surface area contributed by atoms with E-state index in [1.165, 1.54) is 10.8 Å². The summed E-state index contributed by atoms with van der Waals surface area (Å²) in [6.45, 7) is 0.336. The van der Waals surface area contributed by atoms with Gasteiger partial charge >= 0.3 is 5.69 Å². The normalized spacial score (nSPS) is 10.9. The van der Waals surface area contributed by atoms with Gasteiger partial charge in [-0.2, -0.15) is 0 Å². The molecule has 6 nitrogen and oxygen atoms in total. The van der Waals surface area contributed by atoms with Crippen molar-refractivity contribution in [3.8, 4) is 0 Å². The summed E-state index contributed by atoms with van der Waals surface area (Å²) in [5.74, 6) is -0.329. The molecule has 124 valence electrons. The van der Waals surface area contributed by atoms with Crippen LogP contribution in [0.4, 0.5) is 5.69 Å². The van der Waals surface area contributed by atoms with Crippen LogP contribution in [0.1, 0.15) is 16.1 Å². The number of nitrogens with zero attached hydrogens (tertiary/aromatic N) is 1. The molecule has 0 aliphatic carbocycles. The van der Waals surface area contributed by atoms with Crippen LogP contribution in [0.15, 0.2) is 71.8 Å².